The van der Waals surface area contributed by atoms with E-state index in [2.05, 4.69) is 54.8 Å². The molecule has 0 bridgehead atoms. The summed E-state index contributed by atoms with van der Waals surface area (Å²) in [4.78, 5) is 3.31. The lowest BCUT2D eigenvalue weighted by molar-refractivity contribution is 0.575. The zero-order valence-electron chi connectivity index (χ0n) is 10.7. The van der Waals surface area contributed by atoms with Crippen molar-refractivity contribution in [3.63, 3.8) is 0 Å². The van der Waals surface area contributed by atoms with Gasteiger partial charge in [-0.2, -0.15) is 11.8 Å². The predicted molar refractivity (Wildman–Crippen MR) is 79.5 cm³/mol. The highest BCUT2D eigenvalue weighted by Crippen LogP contribution is 2.26. The fourth-order valence-corrected chi connectivity index (χ4v) is 2.45. The van der Waals surface area contributed by atoms with Crippen LogP contribution in [-0.4, -0.2) is 20.6 Å². The van der Waals surface area contributed by atoms with Gasteiger partial charge in [-0.25, -0.2) is 0 Å². The van der Waals surface area contributed by atoms with Crippen LogP contribution >= 0.6 is 24.0 Å². The summed E-state index contributed by atoms with van der Waals surface area (Å²) in [7, 11) is 0. The van der Waals surface area contributed by atoms with Crippen LogP contribution in [0, 0.1) is 11.7 Å². The van der Waals surface area contributed by atoms with E-state index in [1.807, 2.05) is 11.8 Å². The lowest BCUT2D eigenvalue weighted by atomic mass is 10.2. The molecule has 17 heavy (non-hydrogen) atoms. The van der Waals surface area contributed by atoms with Gasteiger partial charge in [-0.1, -0.05) is 12.1 Å². The van der Waals surface area contributed by atoms with E-state index in [0.717, 1.165) is 16.8 Å². The monoisotopic (exact) mass is 266 g/mol. The zero-order chi connectivity index (χ0) is 12.6. The molecule has 1 N–H and O–H groups in total. The summed E-state index contributed by atoms with van der Waals surface area (Å²) < 4.78 is 3.21. The molecule has 0 aliphatic carbocycles. The van der Waals surface area contributed by atoms with Gasteiger partial charge in [0.15, 0.2) is 4.77 Å². The quantitative estimate of drug-likeness (QED) is 0.842. The second kappa shape index (κ2) is 4.50. The Kier molecular flexibility index (Phi) is 3.36. The van der Waals surface area contributed by atoms with Crippen molar-refractivity contribution in [2.45, 2.75) is 32.1 Å². The molecular formula is C13H18N2S2. The second-order valence-corrected chi connectivity index (χ2v) is 6.85. The van der Waals surface area contributed by atoms with Gasteiger partial charge in [0.25, 0.3) is 0 Å². The zero-order valence-corrected chi connectivity index (χ0v) is 12.3. The van der Waals surface area contributed by atoms with Gasteiger partial charge in [0.1, 0.15) is 0 Å². The first-order valence-corrected chi connectivity index (χ1v) is 7.31. The number of nitrogens with zero attached hydrogens (tertiary/aromatic N) is 1. The fourth-order valence-electron chi connectivity index (χ4n) is 1.93. The van der Waals surface area contributed by atoms with Crippen LogP contribution in [0.15, 0.2) is 18.2 Å². The van der Waals surface area contributed by atoms with Crippen LogP contribution in [0.25, 0.3) is 11.0 Å². The average Bonchev–Trinajstić information content (AvgIpc) is 2.58. The van der Waals surface area contributed by atoms with Gasteiger partial charge < -0.3 is 9.55 Å². The van der Waals surface area contributed by atoms with E-state index in [9.17, 15) is 0 Å². The van der Waals surface area contributed by atoms with Crippen molar-refractivity contribution in [2.75, 3.05) is 6.26 Å². The maximum atomic E-state index is 5.43. The summed E-state index contributed by atoms with van der Waals surface area (Å²) in [6.07, 6.45) is 2.14. The van der Waals surface area contributed by atoms with E-state index in [-0.39, 0.29) is 4.75 Å². The van der Waals surface area contributed by atoms with Crippen LogP contribution in [0.3, 0.4) is 0 Å². The Balaban J connectivity index is 2.58. The van der Waals surface area contributed by atoms with Gasteiger partial charge >= 0.3 is 0 Å². The molecule has 92 valence electrons. The van der Waals surface area contributed by atoms with Crippen LogP contribution in [0.4, 0.5) is 0 Å². The Hall–Kier alpha value is -0.740. The summed E-state index contributed by atoms with van der Waals surface area (Å²) >= 11 is 7.29. The number of aryl methyl sites for hydroxylation is 1. The molecule has 2 aromatic rings. The van der Waals surface area contributed by atoms with Crippen molar-refractivity contribution < 1.29 is 0 Å². The van der Waals surface area contributed by atoms with Crippen molar-refractivity contribution >= 4 is 35.0 Å². The van der Waals surface area contributed by atoms with Gasteiger partial charge in [-0.05, 0) is 50.9 Å². The van der Waals surface area contributed by atoms with E-state index < -0.39 is 0 Å². The molecule has 0 amide bonds. The molecule has 4 heteroatoms. The highest BCUT2D eigenvalue weighted by molar-refractivity contribution is 7.99. The Labute approximate surface area is 111 Å². The van der Waals surface area contributed by atoms with E-state index in [1.165, 1.54) is 11.1 Å². The number of benzene rings is 1. The normalized spacial score (nSPS) is 12.2. The standard InChI is InChI=1S/C13H18N2S2/c1-9-6-5-7-10-11(9)14-12(16)15(10)8-13(2,3)17-4/h5-7H,8H2,1-4H3,(H,14,16). The average molecular weight is 266 g/mol. The summed E-state index contributed by atoms with van der Waals surface area (Å²) in [5, 5.41) is 0. The lowest BCUT2D eigenvalue weighted by Crippen LogP contribution is -2.22. The van der Waals surface area contributed by atoms with Crippen molar-refractivity contribution in [3.05, 3.63) is 28.5 Å². The summed E-state index contributed by atoms with van der Waals surface area (Å²) in [6, 6.07) is 6.32. The van der Waals surface area contributed by atoms with Gasteiger partial charge in [0, 0.05) is 11.3 Å². The third kappa shape index (κ3) is 2.43. The molecule has 0 unspecified atom stereocenters. The third-order valence-electron chi connectivity index (χ3n) is 3.11. The molecule has 2 rings (SSSR count). The van der Waals surface area contributed by atoms with Crippen molar-refractivity contribution in [1.29, 1.82) is 0 Å². The van der Waals surface area contributed by atoms with E-state index in [0.29, 0.717) is 0 Å². The van der Waals surface area contributed by atoms with Crippen LogP contribution in [0.2, 0.25) is 0 Å². The Bertz CT molecular complexity index is 593. The number of aromatic nitrogens is 2. The van der Waals surface area contributed by atoms with Gasteiger partial charge in [-0.15, -0.1) is 0 Å². The first-order chi connectivity index (χ1) is 7.94. The lowest BCUT2D eigenvalue weighted by Gasteiger charge is -2.22. The van der Waals surface area contributed by atoms with Gasteiger partial charge in [0.2, 0.25) is 0 Å². The van der Waals surface area contributed by atoms with E-state index in [4.69, 9.17) is 12.2 Å². The SMILES string of the molecule is CSC(C)(C)Cn1c(=S)[nH]c2c(C)cccc21. The highest BCUT2D eigenvalue weighted by Gasteiger charge is 2.18. The highest BCUT2D eigenvalue weighted by atomic mass is 32.2. The number of H-pyrrole nitrogens is 1. The molecule has 1 aromatic heterocycles. The topological polar surface area (TPSA) is 20.7 Å². The van der Waals surface area contributed by atoms with Gasteiger partial charge in [0.05, 0.1) is 11.0 Å². The smallest absolute Gasteiger partial charge is 0.178 e. The molecule has 1 aromatic carbocycles. The number of hydrogen-bond acceptors (Lipinski definition) is 2. The molecule has 2 nitrogen and oxygen atoms in total. The third-order valence-corrected chi connectivity index (χ3v) is 4.67. The molecule has 0 saturated carbocycles. The summed E-state index contributed by atoms with van der Waals surface area (Å²) in [5.74, 6) is 0. The van der Waals surface area contributed by atoms with Crippen molar-refractivity contribution in [3.8, 4) is 0 Å². The number of fused-ring (bicyclic) bond motifs is 1. The maximum absolute atomic E-state index is 5.43. The molecule has 0 atom stereocenters. The number of thioether (sulfide) groups is 1. The fraction of sp³-hybridized carbons (Fsp3) is 0.462. The van der Waals surface area contributed by atoms with Crippen LogP contribution in [-0.2, 0) is 6.54 Å². The predicted octanol–water partition coefficient (Wildman–Crippen LogP) is 4.15. The van der Waals surface area contributed by atoms with Crippen molar-refractivity contribution in [1.82, 2.24) is 9.55 Å². The summed E-state index contributed by atoms with van der Waals surface area (Å²) in [6.45, 7) is 7.52. The number of para-hydroxylation sites is 1. The Morgan fingerprint density at radius 3 is 2.76 bits per heavy atom. The Morgan fingerprint density at radius 2 is 2.12 bits per heavy atom. The molecule has 0 aliphatic heterocycles. The maximum Gasteiger partial charge on any atom is 0.178 e. The van der Waals surface area contributed by atoms with Crippen LogP contribution in [0.1, 0.15) is 19.4 Å². The number of nitrogens with one attached hydrogen (secondary N) is 1. The van der Waals surface area contributed by atoms with Crippen LogP contribution in [0.5, 0.6) is 0 Å². The number of hydrogen-bond donors (Lipinski definition) is 1. The van der Waals surface area contributed by atoms with E-state index in [1.54, 1.807) is 0 Å². The molecule has 0 radical (unpaired) electrons. The molecule has 0 aliphatic rings. The number of aromatic amines is 1. The number of imidazole rings is 1. The molecule has 0 saturated heterocycles. The second-order valence-electron chi connectivity index (χ2n) is 4.95. The van der Waals surface area contributed by atoms with E-state index >= 15 is 0 Å². The molecular weight excluding hydrogens is 248 g/mol. The molecule has 0 spiro atoms. The molecule has 1 heterocycles. The number of rotatable bonds is 3. The largest absolute Gasteiger partial charge is 0.330 e. The van der Waals surface area contributed by atoms with Crippen LogP contribution < -0.4 is 0 Å². The minimum Gasteiger partial charge on any atom is -0.330 e. The molecule has 0 fully saturated rings. The first kappa shape index (κ1) is 12.7. The Morgan fingerprint density at radius 1 is 1.41 bits per heavy atom. The van der Waals surface area contributed by atoms with Gasteiger partial charge in [-0.3, -0.25) is 0 Å². The first-order valence-electron chi connectivity index (χ1n) is 5.68. The van der Waals surface area contributed by atoms with Crippen molar-refractivity contribution in [2.24, 2.45) is 0 Å². The minimum absolute atomic E-state index is 0.192. The summed E-state index contributed by atoms with van der Waals surface area (Å²) in [5.41, 5.74) is 3.61. The minimum atomic E-state index is 0.192.